The first-order valence-corrected chi connectivity index (χ1v) is 19.6. The molecule has 0 N–H and O–H groups in total. The molecule has 0 aliphatic rings. The molecule has 350 valence electrons. The van der Waals surface area contributed by atoms with Gasteiger partial charge in [-0.15, -0.1) is 0 Å². The molecule has 57 heavy (non-hydrogen) atoms. The Labute approximate surface area is 328 Å². The first-order chi connectivity index (χ1) is 25.9. The highest BCUT2D eigenvalue weighted by atomic mass is 19.4. The Morgan fingerprint density at radius 3 is 0.825 bits per heavy atom. The van der Waals surface area contributed by atoms with E-state index in [4.69, 9.17) is 0 Å². The van der Waals surface area contributed by atoms with Crippen molar-refractivity contribution in [2.75, 3.05) is 0 Å². The van der Waals surface area contributed by atoms with E-state index in [0.29, 0.717) is 12.7 Å². The van der Waals surface area contributed by atoms with Crippen LogP contribution in [-0.4, -0.2) is 59.2 Å². The number of hydrogen-bond donors (Lipinski definition) is 0. The van der Waals surface area contributed by atoms with Crippen LogP contribution >= 0.6 is 0 Å². The number of hydrogen-bond acceptors (Lipinski definition) is 2. The summed E-state index contributed by atoms with van der Waals surface area (Å²) in [5.41, 5.74) is 0. The molecule has 0 aliphatic carbocycles. The number of carbonyl (C=O) groups excluding carboxylic acids is 2. The molecule has 0 atom stereocenters. The van der Waals surface area contributed by atoms with Gasteiger partial charge in [-0.1, -0.05) is 146 Å². The lowest BCUT2D eigenvalue weighted by atomic mass is 9.88. The van der Waals surface area contributed by atoms with Gasteiger partial charge in [0, 0.05) is 19.3 Å². The first-order valence-electron chi connectivity index (χ1n) is 19.6. The maximum Gasteiger partial charge on any atom is 0.460 e. The molecule has 0 aromatic heterocycles. The molecule has 19 heteroatoms. The number of Topliss-reactive ketones (excluding diaryl/α,β-unsaturated/α-hetero) is 2. The van der Waals surface area contributed by atoms with Crippen LogP contribution in [0, 0.1) is 0 Å². The van der Waals surface area contributed by atoms with Crippen molar-refractivity contribution in [3.8, 4) is 0 Å². The van der Waals surface area contributed by atoms with Crippen molar-refractivity contribution >= 4 is 11.6 Å². The Hall–Kier alpha value is -1.85. The van der Waals surface area contributed by atoms with E-state index in [-0.39, 0.29) is 0 Å². The van der Waals surface area contributed by atoms with E-state index in [1.165, 1.54) is 83.5 Å². The number of halogens is 17. The zero-order valence-electron chi connectivity index (χ0n) is 35.3. The highest BCUT2D eigenvalue weighted by molar-refractivity contribution is 5.75. The Morgan fingerprint density at radius 1 is 0.351 bits per heavy atom. The average molecular weight is 879 g/mol. The van der Waals surface area contributed by atoms with E-state index in [1.54, 1.807) is 6.92 Å². The lowest BCUT2D eigenvalue weighted by molar-refractivity contribution is -0.461. The molecule has 0 unspecified atom stereocenters. The third kappa shape index (κ3) is 21.8. The van der Waals surface area contributed by atoms with E-state index in [0.717, 1.165) is 12.8 Å². The summed E-state index contributed by atoms with van der Waals surface area (Å²) < 4.78 is 219. The van der Waals surface area contributed by atoms with Crippen LogP contribution in [0.25, 0.3) is 0 Å². The number of ketones is 2. The molecule has 2 nitrogen and oxygen atoms in total. The SMILES string of the molecule is CC.CC.CC.CC(=O)CCC(F)(F)C(F)(F)C(F)(F)C(F)(F)C(F)(F)C(F)(F)C(F)(F)C(F)(F)F.CCC.CCCCCCCCCCCCCCCC(C)=O. The summed E-state index contributed by atoms with van der Waals surface area (Å²) in [6, 6.07) is 0. The first kappa shape index (κ1) is 66.9. The van der Waals surface area contributed by atoms with Gasteiger partial charge < -0.3 is 9.59 Å². The molecular weight excluding hydrogens is 811 g/mol. The average Bonchev–Trinajstić information content (AvgIpc) is 3.11. The lowest BCUT2D eigenvalue weighted by Gasteiger charge is -2.42. The number of carbonyl (C=O) groups is 2. The van der Waals surface area contributed by atoms with Gasteiger partial charge in [0.25, 0.3) is 0 Å². The van der Waals surface area contributed by atoms with Crippen LogP contribution in [-0.2, 0) is 9.59 Å². The van der Waals surface area contributed by atoms with Gasteiger partial charge in [0.1, 0.15) is 11.6 Å². The minimum absolute atomic E-state index is 0.345. The van der Waals surface area contributed by atoms with Crippen LogP contribution < -0.4 is 0 Å². The third-order valence-electron chi connectivity index (χ3n) is 7.21. The summed E-state index contributed by atoms with van der Waals surface area (Å²) in [6.07, 6.45) is 7.61. The van der Waals surface area contributed by atoms with Gasteiger partial charge in [0.2, 0.25) is 0 Å². The standard InChI is InChI=1S/C17H34O.C12H7F17O.C3H8.3C2H6/c1-3-4-5-6-7-8-9-10-11-12-13-14-15-16-17(2)18;1-4(30)2-3-5(13,14)6(15,16)7(17,18)8(19,20)9(21,22)10(23,24)11(25,26)12(27,28)29;1-3-2;3*1-2/h3-16H2,1-2H3;2-3H2,1H3;3H2,1-2H3;3*1-2H3. The van der Waals surface area contributed by atoms with E-state index in [1.807, 2.05) is 41.5 Å². The molecule has 0 saturated carbocycles. The van der Waals surface area contributed by atoms with Gasteiger partial charge >= 0.3 is 47.6 Å². The van der Waals surface area contributed by atoms with Crippen LogP contribution in [0.2, 0.25) is 0 Å². The molecule has 0 spiro atoms. The Balaban J connectivity index is -0.000000204. The summed E-state index contributed by atoms with van der Waals surface area (Å²) >= 11 is 0. The summed E-state index contributed by atoms with van der Waals surface area (Å²) in [7, 11) is 0. The van der Waals surface area contributed by atoms with Crippen LogP contribution in [0.5, 0.6) is 0 Å². The van der Waals surface area contributed by atoms with Gasteiger partial charge in [0.05, 0.1) is 0 Å². The molecule has 0 rings (SSSR count). The third-order valence-corrected chi connectivity index (χ3v) is 7.21. The molecule has 0 saturated heterocycles. The fraction of sp³-hybridized carbons (Fsp3) is 0.947. The van der Waals surface area contributed by atoms with E-state index in [2.05, 4.69) is 20.8 Å². The van der Waals surface area contributed by atoms with Crippen molar-refractivity contribution in [3.63, 3.8) is 0 Å². The monoisotopic (exact) mass is 878 g/mol. The van der Waals surface area contributed by atoms with Gasteiger partial charge in [-0.2, -0.15) is 74.6 Å². The summed E-state index contributed by atoms with van der Waals surface area (Å²) in [6.45, 7) is 20.6. The molecule has 0 aliphatic heterocycles. The van der Waals surface area contributed by atoms with Gasteiger partial charge in [-0.25, -0.2) is 0 Å². The number of unbranched alkanes of at least 4 members (excludes halogenated alkanes) is 12. The van der Waals surface area contributed by atoms with Crippen LogP contribution in [0.3, 0.4) is 0 Å². The Kier molecular flexibility index (Phi) is 37.6. The summed E-state index contributed by atoms with van der Waals surface area (Å²) in [4.78, 5) is 21.2. The highest BCUT2D eigenvalue weighted by Gasteiger charge is 2.95. The molecule has 0 amide bonds. The Bertz CT molecular complexity index is 981. The van der Waals surface area contributed by atoms with Crippen molar-refractivity contribution < 1.29 is 84.2 Å². The van der Waals surface area contributed by atoms with Gasteiger partial charge in [-0.3, -0.25) is 0 Å². The van der Waals surface area contributed by atoms with Gasteiger partial charge in [-0.05, 0) is 20.3 Å². The number of alkyl halides is 17. The number of rotatable bonds is 23. The predicted molar refractivity (Wildman–Crippen MR) is 192 cm³/mol. The van der Waals surface area contributed by atoms with Crippen molar-refractivity contribution in [1.29, 1.82) is 0 Å². The van der Waals surface area contributed by atoms with Crippen molar-refractivity contribution in [2.45, 2.75) is 233 Å². The maximum atomic E-state index is 13.3. The summed E-state index contributed by atoms with van der Waals surface area (Å²) in [5, 5.41) is 0. The van der Waals surface area contributed by atoms with E-state index < -0.39 is 66.3 Å². The lowest BCUT2D eigenvalue weighted by Crippen LogP contribution is -2.74. The van der Waals surface area contributed by atoms with Crippen LogP contribution in [0.1, 0.15) is 185 Å². The molecule has 0 heterocycles. The second kappa shape index (κ2) is 32.0. The predicted octanol–water partition coefficient (Wildman–Crippen LogP) is 16.9. The fourth-order valence-corrected chi connectivity index (χ4v) is 4.08. The van der Waals surface area contributed by atoms with Crippen molar-refractivity contribution in [1.82, 2.24) is 0 Å². The molecular formula is C38H67F17O2. The summed E-state index contributed by atoms with van der Waals surface area (Å²) in [5.74, 6) is -57.5. The molecule has 0 bridgehead atoms. The molecule has 0 fully saturated rings. The Morgan fingerprint density at radius 2 is 0.579 bits per heavy atom. The maximum absolute atomic E-state index is 13.3. The smallest absolute Gasteiger partial charge is 0.300 e. The van der Waals surface area contributed by atoms with Crippen molar-refractivity contribution in [2.24, 2.45) is 0 Å². The van der Waals surface area contributed by atoms with E-state index >= 15 is 0 Å². The minimum atomic E-state index is -8.64. The van der Waals surface area contributed by atoms with Gasteiger partial charge in [0.15, 0.2) is 0 Å². The topological polar surface area (TPSA) is 34.1 Å². The normalized spacial score (nSPS) is 12.5. The minimum Gasteiger partial charge on any atom is -0.300 e. The van der Waals surface area contributed by atoms with Crippen LogP contribution in [0.15, 0.2) is 0 Å². The second-order valence-corrected chi connectivity index (χ2v) is 12.3. The van der Waals surface area contributed by atoms with E-state index in [9.17, 15) is 84.2 Å². The fourth-order valence-electron chi connectivity index (χ4n) is 4.08. The quantitative estimate of drug-likeness (QED) is 0.0757. The zero-order valence-corrected chi connectivity index (χ0v) is 35.3. The molecule has 0 aromatic carbocycles. The largest absolute Gasteiger partial charge is 0.460 e. The second-order valence-electron chi connectivity index (χ2n) is 12.3. The van der Waals surface area contributed by atoms with Crippen molar-refractivity contribution in [3.05, 3.63) is 0 Å². The molecule has 0 aromatic rings. The highest BCUT2D eigenvalue weighted by Crippen LogP contribution is 2.64. The molecule has 0 radical (unpaired) electrons. The van der Waals surface area contributed by atoms with Crippen LogP contribution in [0.4, 0.5) is 74.6 Å². The zero-order chi connectivity index (χ0) is 47.2.